The Kier molecular flexibility index (Phi) is 8.11. The maximum absolute atomic E-state index is 13.9. The van der Waals surface area contributed by atoms with Crippen molar-refractivity contribution in [1.82, 2.24) is 19.6 Å². The van der Waals surface area contributed by atoms with E-state index in [2.05, 4.69) is 11.4 Å². The predicted octanol–water partition coefficient (Wildman–Crippen LogP) is 5.42. The number of hydrogen-bond acceptors (Lipinski definition) is 6. The summed E-state index contributed by atoms with van der Waals surface area (Å²) in [4.78, 5) is 44.5. The molecule has 42 heavy (non-hydrogen) atoms. The van der Waals surface area contributed by atoms with Crippen LogP contribution in [-0.2, 0) is 14.4 Å². The SMILES string of the molecule is CC(=O)N1CCN(C(=O)CN2C(=O)CS[C@H](c3ccsc3)c3c(-c4ccc(Cl)cc4)nn(-c4ccc(C)cc4)c32)CC1. The Balaban J connectivity index is 1.50. The number of fused-ring (bicyclic) bond motifs is 1. The Hall–Kier alpha value is -3.60. The Morgan fingerprint density at radius 3 is 2.31 bits per heavy atom. The van der Waals surface area contributed by atoms with E-state index in [1.807, 2.05) is 65.5 Å². The van der Waals surface area contributed by atoms with Crippen LogP contribution in [0.15, 0.2) is 65.4 Å². The fourth-order valence-corrected chi connectivity index (χ4v) is 7.49. The largest absolute Gasteiger partial charge is 0.339 e. The lowest BCUT2D eigenvalue weighted by Crippen LogP contribution is -2.53. The number of amides is 3. The Bertz CT molecular complexity index is 1610. The van der Waals surface area contributed by atoms with Gasteiger partial charge < -0.3 is 9.80 Å². The number of aromatic nitrogens is 2. The second-order valence-electron chi connectivity index (χ2n) is 10.5. The fourth-order valence-electron chi connectivity index (χ4n) is 5.40. The standard InChI is InChI=1S/C31H30ClN5O3S2/c1-20-3-9-25(10-4-20)37-31-28(29(33-37)22-5-7-24(32)8-6-22)30(23-11-16-41-18-23)42-19-27(40)36(31)17-26(39)35-14-12-34(13-15-35)21(2)38/h3-11,16,18,30H,12-15,17,19H2,1-2H3/t30-/m1/s1. The molecule has 1 fully saturated rings. The molecular formula is C31H30ClN5O3S2. The number of halogens is 1. The summed E-state index contributed by atoms with van der Waals surface area (Å²) >= 11 is 9.41. The van der Waals surface area contributed by atoms with Gasteiger partial charge in [-0.2, -0.15) is 16.4 Å². The minimum Gasteiger partial charge on any atom is -0.339 e. The summed E-state index contributed by atoms with van der Waals surface area (Å²) in [5.74, 6) is 0.523. The van der Waals surface area contributed by atoms with Gasteiger partial charge in [-0.25, -0.2) is 4.68 Å². The molecule has 4 aromatic rings. The van der Waals surface area contributed by atoms with Gasteiger partial charge in [0.1, 0.15) is 12.4 Å². The van der Waals surface area contributed by atoms with Gasteiger partial charge in [0, 0.05) is 49.3 Å². The number of anilines is 1. The van der Waals surface area contributed by atoms with E-state index in [9.17, 15) is 14.4 Å². The van der Waals surface area contributed by atoms with E-state index < -0.39 is 0 Å². The average Bonchev–Trinajstić information content (AvgIpc) is 3.63. The van der Waals surface area contributed by atoms with E-state index in [1.54, 1.807) is 44.7 Å². The van der Waals surface area contributed by atoms with Gasteiger partial charge in [-0.3, -0.25) is 19.3 Å². The first-order valence-electron chi connectivity index (χ1n) is 13.7. The van der Waals surface area contributed by atoms with E-state index in [-0.39, 0.29) is 35.3 Å². The highest BCUT2D eigenvalue weighted by Crippen LogP contribution is 2.49. The molecular weight excluding hydrogens is 590 g/mol. The highest BCUT2D eigenvalue weighted by molar-refractivity contribution is 8.00. The van der Waals surface area contributed by atoms with Crippen LogP contribution in [0, 0.1) is 6.92 Å². The topological polar surface area (TPSA) is 78.8 Å². The summed E-state index contributed by atoms with van der Waals surface area (Å²) in [5.41, 5.74) is 5.51. The van der Waals surface area contributed by atoms with Crippen molar-refractivity contribution in [2.75, 3.05) is 43.4 Å². The number of thioether (sulfide) groups is 1. The van der Waals surface area contributed by atoms with E-state index in [4.69, 9.17) is 16.7 Å². The van der Waals surface area contributed by atoms with Crippen LogP contribution in [0.3, 0.4) is 0 Å². The van der Waals surface area contributed by atoms with Crippen LogP contribution in [0.4, 0.5) is 5.82 Å². The summed E-state index contributed by atoms with van der Waals surface area (Å²) in [7, 11) is 0. The number of benzene rings is 2. The molecule has 2 aromatic carbocycles. The number of rotatable bonds is 5. The number of piperazine rings is 1. The maximum atomic E-state index is 13.9. The molecule has 1 saturated heterocycles. The zero-order valence-corrected chi connectivity index (χ0v) is 25.7. The maximum Gasteiger partial charge on any atom is 0.242 e. The normalized spacial score (nSPS) is 17.3. The number of thiophene rings is 1. The van der Waals surface area contributed by atoms with Crippen LogP contribution < -0.4 is 4.90 Å². The molecule has 216 valence electrons. The molecule has 6 rings (SSSR count). The van der Waals surface area contributed by atoms with Gasteiger partial charge in [0.2, 0.25) is 17.7 Å². The van der Waals surface area contributed by atoms with Gasteiger partial charge in [0.15, 0.2) is 0 Å². The van der Waals surface area contributed by atoms with Gasteiger partial charge >= 0.3 is 0 Å². The van der Waals surface area contributed by atoms with Gasteiger partial charge in [-0.15, -0.1) is 11.8 Å². The van der Waals surface area contributed by atoms with Crippen LogP contribution in [-0.4, -0.2) is 75.8 Å². The van der Waals surface area contributed by atoms with Gasteiger partial charge in [0.05, 0.1) is 22.4 Å². The van der Waals surface area contributed by atoms with Crippen molar-refractivity contribution in [1.29, 1.82) is 0 Å². The zero-order chi connectivity index (χ0) is 29.4. The second kappa shape index (κ2) is 11.9. The molecule has 1 atom stereocenters. The molecule has 0 saturated carbocycles. The molecule has 8 nitrogen and oxygen atoms in total. The van der Waals surface area contributed by atoms with E-state index >= 15 is 0 Å². The van der Waals surface area contributed by atoms with Gasteiger partial charge in [-0.05, 0) is 53.6 Å². The summed E-state index contributed by atoms with van der Waals surface area (Å²) in [6.45, 7) is 5.30. The predicted molar refractivity (Wildman–Crippen MR) is 169 cm³/mol. The lowest BCUT2D eigenvalue weighted by Gasteiger charge is -2.35. The fraction of sp³-hybridized carbons (Fsp3) is 0.290. The third-order valence-electron chi connectivity index (χ3n) is 7.70. The molecule has 0 bridgehead atoms. The second-order valence-corrected chi connectivity index (χ2v) is 12.8. The van der Waals surface area contributed by atoms with Crippen LogP contribution in [0.25, 0.3) is 16.9 Å². The summed E-state index contributed by atoms with van der Waals surface area (Å²) in [6, 6.07) is 17.6. The first kappa shape index (κ1) is 28.5. The highest BCUT2D eigenvalue weighted by atomic mass is 35.5. The van der Waals surface area contributed by atoms with E-state index in [0.29, 0.717) is 37.0 Å². The summed E-state index contributed by atoms with van der Waals surface area (Å²) in [5, 5.41) is 9.73. The van der Waals surface area contributed by atoms with Gasteiger partial charge in [0.25, 0.3) is 0 Å². The molecule has 2 aliphatic rings. The van der Waals surface area contributed by atoms with Crippen LogP contribution in [0.2, 0.25) is 5.02 Å². The Labute approximate surface area is 257 Å². The first-order valence-corrected chi connectivity index (χ1v) is 16.1. The van der Waals surface area contributed by atoms with Gasteiger partial charge in [-0.1, -0.05) is 41.4 Å². The lowest BCUT2D eigenvalue weighted by atomic mass is 10.0. The average molecular weight is 620 g/mol. The molecule has 3 amide bonds. The minimum atomic E-state index is -0.167. The number of hydrogen-bond donors (Lipinski definition) is 0. The monoisotopic (exact) mass is 619 g/mol. The lowest BCUT2D eigenvalue weighted by molar-refractivity contribution is -0.137. The third kappa shape index (κ3) is 5.58. The van der Waals surface area contributed by atoms with Crippen molar-refractivity contribution >= 4 is 58.2 Å². The number of carbonyl (C=O) groups excluding carboxylic acids is 3. The van der Waals surface area contributed by atoms with Crippen LogP contribution in [0.5, 0.6) is 0 Å². The summed E-state index contributed by atoms with van der Waals surface area (Å²) < 4.78 is 1.81. The van der Waals surface area contributed by atoms with Crippen molar-refractivity contribution in [3.8, 4) is 16.9 Å². The molecule has 0 aliphatic carbocycles. The quantitative estimate of drug-likeness (QED) is 0.298. The molecule has 11 heteroatoms. The third-order valence-corrected chi connectivity index (χ3v) is 9.91. The van der Waals surface area contributed by atoms with E-state index in [0.717, 1.165) is 33.6 Å². The van der Waals surface area contributed by atoms with Crippen molar-refractivity contribution in [2.45, 2.75) is 19.1 Å². The van der Waals surface area contributed by atoms with E-state index in [1.165, 1.54) is 0 Å². The van der Waals surface area contributed by atoms with Crippen molar-refractivity contribution < 1.29 is 14.4 Å². The Morgan fingerprint density at radius 1 is 0.976 bits per heavy atom. The zero-order valence-electron chi connectivity index (χ0n) is 23.3. The van der Waals surface area contributed by atoms with Crippen molar-refractivity contribution in [2.24, 2.45) is 0 Å². The number of nitrogens with zero attached hydrogens (tertiary/aromatic N) is 5. The number of carbonyl (C=O) groups is 3. The molecule has 0 radical (unpaired) electrons. The molecule has 0 unspecified atom stereocenters. The highest BCUT2D eigenvalue weighted by Gasteiger charge is 2.38. The van der Waals surface area contributed by atoms with Crippen molar-refractivity contribution in [3.63, 3.8) is 0 Å². The molecule has 0 N–H and O–H groups in total. The molecule has 0 spiro atoms. The first-order chi connectivity index (χ1) is 20.3. The van der Waals surface area contributed by atoms with Crippen LogP contribution >= 0.6 is 34.7 Å². The Morgan fingerprint density at radius 2 is 1.67 bits per heavy atom. The van der Waals surface area contributed by atoms with Crippen LogP contribution in [0.1, 0.15) is 28.9 Å². The number of aryl methyl sites for hydroxylation is 1. The van der Waals surface area contributed by atoms with Crippen molar-refractivity contribution in [3.05, 3.63) is 87.1 Å². The smallest absolute Gasteiger partial charge is 0.242 e. The summed E-state index contributed by atoms with van der Waals surface area (Å²) in [6.07, 6.45) is 0. The molecule has 4 heterocycles. The molecule has 2 aromatic heterocycles. The molecule has 2 aliphatic heterocycles. The minimum absolute atomic E-state index is 0.00246.